The highest BCUT2D eigenvalue weighted by Gasteiger charge is 2.30. The van der Waals surface area contributed by atoms with Gasteiger partial charge in [-0.15, -0.1) is 10.2 Å². The molecular weight excluding hydrogens is 592 g/mol. The molecule has 3 heterocycles. The second kappa shape index (κ2) is 14.5. The fraction of sp³-hybridized carbons (Fsp3) is 0.472. The number of likely N-dealkylation sites (N-methyl/N-ethyl adjacent to an activating group) is 1. The van der Waals surface area contributed by atoms with Crippen LogP contribution in [0.4, 0.5) is 10.5 Å². The lowest BCUT2D eigenvalue weighted by Gasteiger charge is -2.32. The predicted octanol–water partition coefficient (Wildman–Crippen LogP) is 6.39. The van der Waals surface area contributed by atoms with Crippen LogP contribution in [-0.2, 0) is 5.41 Å². The number of rotatable bonds is 11. The Morgan fingerprint density at radius 1 is 1.02 bits per heavy atom. The van der Waals surface area contributed by atoms with Crippen LogP contribution in [0.2, 0.25) is 0 Å². The number of carbonyl (C=O) groups is 2. The summed E-state index contributed by atoms with van der Waals surface area (Å²) >= 11 is 0. The van der Waals surface area contributed by atoms with Crippen LogP contribution in [0, 0.1) is 0 Å². The molecule has 0 spiro atoms. The number of hydrogen-bond acceptors (Lipinski definition) is 7. The van der Waals surface area contributed by atoms with Crippen molar-refractivity contribution < 1.29 is 14.3 Å². The molecule has 0 unspecified atom stereocenters. The molecule has 2 atom stereocenters. The summed E-state index contributed by atoms with van der Waals surface area (Å²) in [7, 11) is 3.90. The number of pyridine rings is 2. The number of benzene rings is 1. The number of anilines is 1. The first-order valence-electron chi connectivity index (χ1n) is 16.6. The zero-order valence-corrected chi connectivity index (χ0v) is 28.6. The van der Waals surface area contributed by atoms with Gasteiger partial charge in [0.05, 0.1) is 12.2 Å². The number of hydrogen-bond donors (Lipinski definition) is 3. The highest BCUT2D eigenvalue weighted by molar-refractivity contribution is 5.95. The molecule has 3 N–H and O–H groups in total. The van der Waals surface area contributed by atoms with Crippen molar-refractivity contribution in [1.29, 1.82) is 0 Å². The van der Waals surface area contributed by atoms with Gasteiger partial charge in [0, 0.05) is 35.8 Å². The molecule has 1 aliphatic carbocycles. The molecule has 4 aromatic rings. The molecule has 250 valence electrons. The van der Waals surface area contributed by atoms with E-state index >= 15 is 0 Å². The Balaban J connectivity index is 1.30. The van der Waals surface area contributed by atoms with Gasteiger partial charge in [0.15, 0.2) is 5.65 Å². The van der Waals surface area contributed by atoms with E-state index in [0.717, 1.165) is 47.6 Å². The van der Waals surface area contributed by atoms with E-state index < -0.39 is 0 Å². The van der Waals surface area contributed by atoms with E-state index in [1.807, 2.05) is 86.8 Å². The average Bonchev–Trinajstić information content (AvgIpc) is 3.45. The van der Waals surface area contributed by atoms with Crippen LogP contribution >= 0.6 is 0 Å². The maximum Gasteiger partial charge on any atom is 0.319 e. The van der Waals surface area contributed by atoms with Crippen LogP contribution in [-0.4, -0.2) is 63.6 Å². The second-order valence-corrected chi connectivity index (χ2v) is 13.6. The molecule has 3 amide bonds. The second-order valence-electron chi connectivity index (χ2n) is 13.6. The minimum atomic E-state index is -0.346. The van der Waals surface area contributed by atoms with Gasteiger partial charge in [0.1, 0.15) is 23.4 Å². The molecule has 5 rings (SSSR count). The van der Waals surface area contributed by atoms with Crippen molar-refractivity contribution >= 4 is 23.3 Å². The predicted molar refractivity (Wildman–Crippen MR) is 184 cm³/mol. The molecular formula is C36H48N8O3. The molecule has 11 heteroatoms. The monoisotopic (exact) mass is 640 g/mol. The Kier molecular flexibility index (Phi) is 10.4. The van der Waals surface area contributed by atoms with Crippen molar-refractivity contribution in [2.24, 2.45) is 0 Å². The Hall–Kier alpha value is -4.51. The zero-order valence-electron chi connectivity index (χ0n) is 28.6. The summed E-state index contributed by atoms with van der Waals surface area (Å²) in [6.07, 6.45) is 5.23. The van der Waals surface area contributed by atoms with Crippen LogP contribution in [0.3, 0.4) is 0 Å². The number of amides is 3. The number of aromatic nitrogens is 4. The molecule has 47 heavy (non-hydrogen) atoms. The fourth-order valence-corrected chi connectivity index (χ4v) is 5.99. The summed E-state index contributed by atoms with van der Waals surface area (Å²) < 4.78 is 8.62. The van der Waals surface area contributed by atoms with E-state index in [0.29, 0.717) is 36.8 Å². The molecule has 0 bridgehead atoms. The van der Waals surface area contributed by atoms with Crippen LogP contribution in [0.1, 0.15) is 111 Å². The largest absolute Gasteiger partial charge is 0.484 e. The summed E-state index contributed by atoms with van der Waals surface area (Å²) in [5.41, 5.74) is 4.05. The van der Waals surface area contributed by atoms with Crippen LogP contribution < -0.4 is 20.7 Å². The molecule has 0 saturated carbocycles. The SMILES string of the molecule is CCC(CC)c1nnc2ccc(O[C@@H]3CC[C@H](NC(=O)Nc4cc(C(=O)NCCN(C)C)nc(C(C)(C)C)c4)c4ccccc43)cn12. The maximum absolute atomic E-state index is 13.4. The minimum absolute atomic E-state index is 0.166. The first kappa shape index (κ1) is 33.8. The highest BCUT2D eigenvalue weighted by atomic mass is 16.5. The van der Waals surface area contributed by atoms with E-state index in [2.05, 4.69) is 51.0 Å². The lowest BCUT2D eigenvalue weighted by atomic mass is 9.85. The van der Waals surface area contributed by atoms with Crippen molar-refractivity contribution in [2.45, 2.75) is 83.8 Å². The fourth-order valence-electron chi connectivity index (χ4n) is 5.99. The van der Waals surface area contributed by atoms with Gasteiger partial charge in [-0.3, -0.25) is 9.20 Å². The van der Waals surface area contributed by atoms with E-state index in [9.17, 15) is 9.59 Å². The summed E-state index contributed by atoms with van der Waals surface area (Å²) in [6, 6.07) is 14.9. The molecule has 1 aliphatic rings. The van der Waals surface area contributed by atoms with E-state index in [1.165, 1.54) is 0 Å². The molecule has 11 nitrogen and oxygen atoms in total. The van der Waals surface area contributed by atoms with Gasteiger partial charge >= 0.3 is 6.03 Å². The van der Waals surface area contributed by atoms with Gasteiger partial charge in [0.25, 0.3) is 5.91 Å². The number of nitrogens with one attached hydrogen (secondary N) is 3. The van der Waals surface area contributed by atoms with Crippen LogP contribution in [0.5, 0.6) is 5.75 Å². The lowest BCUT2D eigenvalue weighted by molar-refractivity contribution is 0.0945. The van der Waals surface area contributed by atoms with Gasteiger partial charge in [-0.1, -0.05) is 58.9 Å². The Labute approximate surface area is 277 Å². The third-order valence-electron chi connectivity index (χ3n) is 8.70. The van der Waals surface area contributed by atoms with Crippen molar-refractivity contribution in [3.63, 3.8) is 0 Å². The summed E-state index contributed by atoms with van der Waals surface area (Å²) in [5.74, 6) is 1.76. The normalized spacial score (nSPS) is 16.3. The molecule has 1 aromatic carbocycles. The van der Waals surface area contributed by atoms with Gasteiger partial charge in [-0.25, -0.2) is 9.78 Å². The lowest BCUT2D eigenvalue weighted by Crippen LogP contribution is -2.36. The van der Waals surface area contributed by atoms with Gasteiger partial charge in [0.2, 0.25) is 0 Å². The van der Waals surface area contributed by atoms with Crippen LogP contribution in [0.25, 0.3) is 5.65 Å². The Morgan fingerprint density at radius 2 is 1.77 bits per heavy atom. The Morgan fingerprint density at radius 3 is 2.47 bits per heavy atom. The first-order valence-corrected chi connectivity index (χ1v) is 16.6. The third kappa shape index (κ3) is 8.08. The highest BCUT2D eigenvalue weighted by Crippen LogP contribution is 2.39. The number of nitrogens with zero attached hydrogens (tertiary/aromatic N) is 5. The molecule has 3 aromatic heterocycles. The minimum Gasteiger partial charge on any atom is -0.484 e. The first-order chi connectivity index (χ1) is 22.5. The average molecular weight is 641 g/mol. The van der Waals surface area contributed by atoms with Crippen molar-refractivity contribution in [1.82, 2.24) is 35.1 Å². The number of urea groups is 1. The van der Waals surface area contributed by atoms with E-state index in [4.69, 9.17) is 4.74 Å². The topological polar surface area (TPSA) is 126 Å². The smallest absolute Gasteiger partial charge is 0.319 e. The van der Waals surface area contributed by atoms with Crippen molar-refractivity contribution in [3.8, 4) is 5.75 Å². The number of carbonyl (C=O) groups excluding carboxylic acids is 2. The quantitative estimate of drug-likeness (QED) is 0.173. The summed E-state index contributed by atoms with van der Waals surface area (Å²) in [5, 5.41) is 17.9. The Bertz CT molecular complexity index is 1710. The van der Waals surface area contributed by atoms with E-state index in [1.54, 1.807) is 6.07 Å². The van der Waals surface area contributed by atoms with Crippen LogP contribution in [0.15, 0.2) is 54.7 Å². The standard InChI is InChI=1S/C36H48N8O3/c1-8-23(9-2)33-42-41-32-17-14-25(22-44(32)33)47-30-16-15-28(26-12-10-11-13-27(26)30)40-35(46)38-24-20-29(34(45)37-18-19-43(6)7)39-31(21-24)36(3,4)5/h10-14,17,20-23,28,30H,8-9,15-16,18-19H2,1-7H3,(H,37,45)(H2,38,39,40,46)/t28-,30+/m0/s1. The van der Waals surface area contributed by atoms with Crippen molar-refractivity contribution in [2.75, 3.05) is 32.5 Å². The van der Waals surface area contributed by atoms with Gasteiger partial charge in [-0.2, -0.15) is 0 Å². The van der Waals surface area contributed by atoms with E-state index in [-0.39, 0.29) is 35.2 Å². The molecule has 0 saturated heterocycles. The zero-order chi connectivity index (χ0) is 33.7. The summed E-state index contributed by atoms with van der Waals surface area (Å²) in [4.78, 5) is 32.9. The van der Waals surface area contributed by atoms with Crippen molar-refractivity contribution in [3.05, 3.63) is 83.1 Å². The molecule has 0 radical (unpaired) electrons. The molecule has 0 fully saturated rings. The third-order valence-corrected chi connectivity index (χ3v) is 8.70. The van der Waals surface area contributed by atoms with Gasteiger partial charge in [-0.05, 0) is 75.2 Å². The molecule has 0 aliphatic heterocycles. The summed E-state index contributed by atoms with van der Waals surface area (Å²) in [6.45, 7) is 11.6. The number of ether oxygens (including phenoxy) is 1. The maximum atomic E-state index is 13.4. The number of fused-ring (bicyclic) bond motifs is 2. The van der Waals surface area contributed by atoms with Gasteiger partial charge < -0.3 is 25.6 Å².